The van der Waals surface area contributed by atoms with Crippen LogP contribution >= 0.6 is 11.3 Å². The van der Waals surface area contributed by atoms with Crippen molar-refractivity contribution in [3.63, 3.8) is 0 Å². The molecule has 1 fully saturated rings. The van der Waals surface area contributed by atoms with Gasteiger partial charge in [0.1, 0.15) is 4.88 Å². The predicted molar refractivity (Wildman–Crippen MR) is 116 cm³/mol. The molecule has 0 radical (unpaired) electrons. The average molecular weight is 417 g/mol. The van der Waals surface area contributed by atoms with E-state index in [9.17, 15) is 9.59 Å². The van der Waals surface area contributed by atoms with Gasteiger partial charge in [-0.3, -0.25) is 4.79 Å². The van der Waals surface area contributed by atoms with Gasteiger partial charge in [0.25, 0.3) is 5.91 Å². The molecule has 1 saturated heterocycles. The van der Waals surface area contributed by atoms with Crippen LogP contribution in [0, 0.1) is 5.92 Å². The standard InChI is InChI=1S/C22H28N2O4S/c1-15(2)16(3)23-20(25)14-28-22(26)19-13-18(17-7-5-4-6-8-17)21(29-19)24-9-11-27-12-10-24/h4-8,13,15-16H,9-12,14H2,1-3H3,(H,23,25)/t16-/m0/s1. The van der Waals surface area contributed by atoms with Crippen LogP contribution in [0.25, 0.3) is 11.1 Å². The fourth-order valence-electron chi connectivity index (χ4n) is 2.97. The largest absolute Gasteiger partial charge is 0.451 e. The van der Waals surface area contributed by atoms with Crippen molar-refractivity contribution in [1.82, 2.24) is 5.32 Å². The van der Waals surface area contributed by atoms with Gasteiger partial charge in [0.15, 0.2) is 6.61 Å². The number of nitrogens with one attached hydrogen (secondary N) is 1. The molecule has 0 unspecified atom stereocenters. The Morgan fingerprint density at radius 2 is 1.86 bits per heavy atom. The summed E-state index contributed by atoms with van der Waals surface area (Å²) >= 11 is 1.40. The number of esters is 1. The Balaban J connectivity index is 1.74. The molecule has 156 valence electrons. The van der Waals surface area contributed by atoms with Gasteiger partial charge in [-0.2, -0.15) is 0 Å². The molecule has 1 amide bonds. The first kappa shape index (κ1) is 21.3. The number of benzene rings is 1. The number of rotatable bonds is 7. The molecule has 0 bridgehead atoms. The molecular weight excluding hydrogens is 388 g/mol. The second-order valence-electron chi connectivity index (χ2n) is 7.47. The number of hydrogen-bond donors (Lipinski definition) is 1. The molecule has 1 aliphatic rings. The smallest absolute Gasteiger partial charge is 0.348 e. The molecule has 0 spiro atoms. The minimum absolute atomic E-state index is 0.0283. The van der Waals surface area contributed by atoms with Gasteiger partial charge in [-0.1, -0.05) is 44.2 Å². The van der Waals surface area contributed by atoms with E-state index in [0.717, 1.165) is 29.2 Å². The second kappa shape index (κ2) is 9.89. The van der Waals surface area contributed by atoms with Gasteiger partial charge in [-0.25, -0.2) is 4.79 Å². The van der Waals surface area contributed by atoms with Gasteiger partial charge in [0.05, 0.1) is 18.2 Å². The summed E-state index contributed by atoms with van der Waals surface area (Å²) in [5.41, 5.74) is 2.05. The van der Waals surface area contributed by atoms with Crippen LogP contribution in [-0.2, 0) is 14.3 Å². The van der Waals surface area contributed by atoms with Crippen LogP contribution in [0.15, 0.2) is 36.4 Å². The SMILES string of the molecule is CC(C)[C@H](C)NC(=O)COC(=O)c1cc(-c2ccccc2)c(N2CCOCC2)s1. The summed E-state index contributed by atoms with van der Waals surface area (Å²) in [4.78, 5) is 27.4. The predicted octanol–water partition coefficient (Wildman–Crippen LogP) is 3.57. The highest BCUT2D eigenvalue weighted by molar-refractivity contribution is 7.18. The van der Waals surface area contributed by atoms with Crippen LogP contribution in [0.2, 0.25) is 0 Å². The lowest BCUT2D eigenvalue weighted by Gasteiger charge is -2.28. The van der Waals surface area contributed by atoms with Gasteiger partial charge < -0.3 is 19.7 Å². The minimum Gasteiger partial charge on any atom is -0.451 e. The third-order valence-corrected chi connectivity index (χ3v) is 6.20. The van der Waals surface area contributed by atoms with Crippen LogP contribution in [-0.4, -0.2) is 50.8 Å². The Morgan fingerprint density at radius 3 is 2.52 bits per heavy atom. The molecule has 1 aromatic heterocycles. The molecule has 2 heterocycles. The normalized spacial score (nSPS) is 15.2. The van der Waals surface area contributed by atoms with Crippen LogP contribution in [0.3, 0.4) is 0 Å². The first-order valence-electron chi connectivity index (χ1n) is 9.94. The lowest BCUT2D eigenvalue weighted by Crippen LogP contribution is -2.38. The maximum atomic E-state index is 12.6. The van der Waals surface area contributed by atoms with Gasteiger partial charge in [-0.05, 0) is 24.5 Å². The van der Waals surface area contributed by atoms with E-state index in [1.807, 2.05) is 57.2 Å². The number of thiophene rings is 1. The maximum Gasteiger partial charge on any atom is 0.348 e. The third-order valence-electron chi connectivity index (χ3n) is 5.02. The summed E-state index contributed by atoms with van der Waals surface area (Å²) < 4.78 is 10.7. The highest BCUT2D eigenvalue weighted by Crippen LogP contribution is 2.39. The van der Waals surface area contributed by atoms with Gasteiger partial charge >= 0.3 is 5.97 Å². The summed E-state index contributed by atoms with van der Waals surface area (Å²) in [5, 5.41) is 3.88. The number of amides is 1. The van der Waals surface area contributed by atoms with Crippen molar-refractivity contribution in [3.8, 4) is 11.1 Å². The number of nitrogens with zero attached hydrogens (tertiary/aromatic N) is 1. The van der Waals surface area contributed by atoms with Gasteiger partial charge in [-0.15, -0.1) is 11.3 Å². The molecule has 29 heavy (non-hydrogen) atoms. The van der Waals surface area contributed by atoms with E-state index in [-0.39, 0.29) is 18.6 Å². The Hall–Kier alpha value is -2.38. The van der Waals surface area contributed by atoms with Crippen LogP contribution < -0.4 is 10.2 Å². The molecule has 7 heteroatoms. The Labute approximate surface area is 175 Å². The topological polar surface area (TPSA) is 67.9 Å². The molecule has 0 aliphatic carbocycles. The molecule has 3 rings (SSSR count). The lowest BCUT2D eigenvalue weighted by atomic mass is 10.1. The van der Waals surface area contributed by atoms with E-state index < -0.39 is 5.97 Å². The number of carbonyl (C=O) groups is 2. The highest BCUT2D eigenvalue weighted by atomic mass is 32.1. The van der Waals surface area contributed by atoms with E-state index >= 15 is 0 Å². The highest BCUT2D eigenvalue weighted by Gasteiger charge is 2.23. The van der Waals surface area contributed by atoms with E-state index in [1.54, 1.807) is 0 Å². The monoisotopic (exact) mass is 416 g/mol. The quantitative estimate of drug-likeness (QED) is 0.699. The summed E-state index contributed by atoms with van der Waals surface area (Å²) in [6.45, 7) is 8.61. The zero-order valence-corrected chi connectivity index (χ0v) is 18.0. The number of ether oxygens (including phenoxy) is 2. The number of hydrogen-bond acceptors (Lipinski definition) is 6. The van der Waals surface area contributed by atoms with Crippen molar-refractivity contribution < 1.29 is 19.1 Å². The van der Waals surface area contributed by atoms with Crippen molar-refractivity contribution in [1.29, 1.82) is 0 Å². The van der Waals surface area contributed by atoms with Crippen LogP contribution in [0.1, 0.15) is 30.4 Å². The van der Waals surface area contributed by atoms with Gasteiger partial charge in [0, 0.05) is 24.7 Å². The van der Waals surface area contributed by atoms with Crippen LogP contribution in [0.4, 0.5) is 5.00 Å². The average Bonchev–Trinajstić information content (AvgIpc) is 3.19. The molecule has 2 aromatic rings. The third kappa shape index (κ3) is 5.58. The first-order valence-corrected chi connectivity index (χ1v) is 10.8. The lowest BCUT2D eigenvalue weighted by molar-refractivity contribution is -0.125. The van der Waals surface area contributed by atoms with Crippen molar-refractivity contribution in [3.05, 3.63) is 41.3 Å². The molecule has 6 nitrogen and oxygen atoms in total. The maximum absolute atomic E-state index is 12.6. The molecule has 1 N–H and O–H groups in total. The Bertz CT molecular complexity index is 829. The first-order chi connectivity index (χ1) is 14.0. The summed E-state index contributed by atoms with van der Waals surface area (Å²) in [5.74, 6) is -0.441. The Kier molecular flexibility index (Phi) is 7.28. The minimum atomic E-state index is -0.473. The van der Waals surface area contributed by atoms with Crippen molar-refractivity contribution in [2.45, 2.75) is 26.8 Å². The molecule has 1 atom stereocenters. The van der Waals surface area contributed by atoms with E-state index in [1.165, 1.54) is 11.3 Å². The fraction of sp³-hybridized carbons (Fsp3) is 0.455. The molecular formula is C22H28N2O4S. The van der Waals surface area contributed by atoms with E-state index in [2.05, 4.69) is 10.2 Å². The number of anilines is 1. The summed E-state index contributed by atoms with van der Waals surface area (Å²) in [7, 11) is 0. The molecule has 1 aliphatic heterocycles. The van der Waals surface area contributed by atoms with E-state index in [4.69, 9.17) is 9.47 Å². The number of morpholine rings is 1. The molecule has 1 aromatic carbocycles. The zero-order chi connectivity index (χ0) is 20.8. The fourth-order valence-corrected chi connectivity index (χ4v) is 4.10. The van der Waals surface area contributed by atoms with E-state index in [0.29, 0.717) is 24.0 Å². The summed E-state index contributed by atoms with van der Waals surface area (Å²) in [6, 6.07) is 11.9. The van der Waals surface area contributed by atoms with Crippen LogP contribution in [0.5, 0.6) is 0 Å². The zero-order valence-electron chi connectivity index (χ0n) is 17.1. The van der Waals surface area contributed by atoms with Crippen molar-refractivity contribution in [2.75, 3.05) is 37.8 Å². The Morgan fingerprint density at radius 1 is 1.17 bits per heavy atom. The molecule has 0 saturated carbocycles. The van der Waals surface area contributed by atoms with Gasteiger partial charge in [0.2, 0.25) is 0 Å². The number of carbonyl (C=O) groups excluding carboxylic acids is 2. The van der Waals surface area contributed by atoms with Crippen molar-refractivity contribution >= 4 is 28.2 Å². The second-order valence-corrected chi connectivity index (χ2v) is 8.50. The van der Waals surface area contributed by atoms with Crippen molar-refractivity contribution in [2.24, 2.45) is 5.92 Å². The summed E-state index contributed by atoms with van der Waals surface area (Å²) in [6.07, 6.45) is 0.